The van der Waals surface area contributed by atoms with Crippen LogP contribution in [0.4, 0.5) is 11.6 Å². The maximum atomic E-state index is 5.52. The Bertz CT molecular complexity index is 893. The molecule has 0 bridgehead atoms. The highest BCUT2D eigenvalue weighted by Crippen LogP contribution is 2.32. The maximum Gasteiger partial charge on any atom is 0.131 e. The van der Waals surface area contributed by atoms with Crippen LogP contribution in [0.5, 0.6) is 0 Å². The third-order valence-electron chi connectivity index (χ3n) is 5.23. The van der Waals surface area contributed by atoms with Gasteiger partial charge in [-0.15, -0.1) is 0 Å². The standard InChI is InChI=1S/C20H23N5O2/c1-2-16(20-17(3-1)21-14-22-20)15-12-18(24-4-8-26-9-5-24)23-19(13-15)25-6-10-27-11-7-25/h1-3,12-14H,4-11H2,(H,21,22). The number of rotatable bonds is 3. The molecule has 2 aromatic heterocycles. The monoisotopic (exact) mass is 365 g/mol. The zero-order valence-electron chi connectivity index (χ0n) is 15.2. The maximum absolute atomic E-state index is 5.52. The van der Waals surface area contributed by atoms with Gasteiger partial charge in [0.1, 0.15) is 11.6 Å². The summed E-state index contributed by atoms with van der Waals surface area (Å²) in [6, 6.07) is 10.6. The summed E-state index contributed by atoms with van der Waals surface area (Å²) in [6.45, 7) is 6.44. The highest BCUT2D eigenvalue weighted by Gasteiger charge is 2.19. The number of ether oxygens (including phenoxy) is 2. The van der Waals surface area contributed by atoms with Crippen LogP contribution in [0.3, 0.4) is 0 Å². The van der Waals surface area contributed by atoms with Crippen LogP contribution in [-0.2, 0) is 9.47 Å². The summed E-state index contributed by atoms with van der Waals surface area (Å²) in [6.07, 6.45) is 1.75. The number of fused-ring (bicyclic) bond motifs is 1. The van der Waals surface area contributed by atoms with Crippen LogP contribution in [-0.4, -0.2) is 67.6 Å². The first-order valence-corrected chi connectivity index (χ1v) is 9.48. The van der Waals surface area contributed by atoms with E-state index in [0.29, 0.717) is 0 Å². The number of benzene rings is 1. The summed E-state index contributed by atoms with van der Waals surface area (Å²) in [5.41, 5.74) is 4.31. The minimum atomic E-state index is 0.744. The van der Waals surface area contributed by atoms with E-state index >= 15 is 0 Å². The van der Waals surface area contributed by atoms with Crippen molar-refractivity contribution in [2.75, 3.05) is 62.4 Å². The fraction of sp³-hybridized carbons (Fsp3) is 0.400. The predicted molar refractivity (Wildman–Crippen MR) is 105 cm³/mol. The summed E-state index contributed by atoms with van der Waals surface area (Å²) < 4.78 is 11.0. The summed E-state index contributed by atoms with van der Waals surface area (Å²) in [7, 11) is 0. The largest absolute Gasteiger partial charge is 0.378 e. The number of imidazole rings is 1. The number of hydrogen-bond donors (Lipinski definition) is 1. The molecule has 1 N–H and O–H groups in total. The Hall–Kier alpha value is -2.64. The van der Waals surface area contributed by atoms with Crippen molar-refractivity contribution >= 4 is 22.7 Å². The molecule has 5 rings (SSSR count). The number of anilines is 2. The van der Waals surface area contributed by atoms with Crippen LogP contribution in [0.25, 0.3) is 22.2 Å². The molecule has 2 aliphatic heterocycles. The molecule has 2 fully saturated rings. The van der Waals surface area contributed by atoms with E-state index in [1.165, 1.54) is 0 Å². The molecule has 4 heterocycles. The van der Waals surface area contributed by atoms with Crippen LogP contribution in [0, 0.1) is 0 Å². The van der Waals surface area contributed by atoms with Crippen LogP contribution in [0.15, 0.2) is 36.7 Å². The molecule has 2 aliphatic rings. The molecule has 0 spiro atoms. The Morgan fingerprint density at radius 1 is 0.852 bits per heavy atom. The molecule has 1 aromatic carbocycles. The Kier molecular flexibility index (Phi) is 4.39. The van der Waals surface area contributed by atoms with Crippen molar-refractivity contribution in [3.8, 4) is 11.1 Å². The lowest BCUT2D eigenvalue weighted by molar-refractivity contribution is 0.121. The molecule has 0 radical (unpaired) electrons. The zero-order valence-corrected chi connectivity index (χ0v) is 15.2. The van der Waals surface area contributed by atoms with E-state index in [9.17, 15) is 0 Å². The summed E-state index contributed by atoms with van der Waals surface area (Å²) in [4.78, 5) is 17.3. The topological polar surface area (TPSA) is 66.5 Å². The van der Waals surface area contributed by atoms with E-state index in [1.807, 2.05) is 0 Å². The van der Waals surface area contributed by atoms with Crippen molar-refractivity contribution in [1.29, 1.82) is 0 Å². The third kappa shape index (κ3) is 3.24. The average molecular weight is 365 g/mol. The van der Waals surface area contributed by atoms with Gasteiger partial charge in [0.25, 0.3) is 0 Å². The Labute approximate surface area is 157 Å². The molecule has 0 aliphatic carbocycles. The molecule has 7 heteroatoms. The van der Waals surface area contributed by atoms with E-state index in [1.54, 1.807) is 6.33 Å². The van der Waals surface area contributed by atoms with Crippen LogP contribution in [0.2, 0.25) is 0 Å². The predicted octanol–water partition coefficient (Wildman–Crippen LogP) is 2.30. The molecular weight excluding hydrogens is 342 g/mol. The summed E-state index contributed by atoms with van der Waals surface area (Å²) in [5.74, 6) is 2.01. The fourth-order valence-corrected chi connectivity index (χ4v) is 3.76. The first-order valence-electron chi connectivity index (χ1n) is 9.48. The van der Waals surface area contributed by atoms with E-state index < -0.39 is 0 Å². The average Bonchev–Trinajstić information content (AvgIpc) is 3.24. The van der Waals surface area contributed by atoms with Gasteiger partial charge in [-0.3, -0.25) is 0 Å². The van der Waals surface area contributed by atoms with Gasteiger partial charge in [-0.05, 0) is 23.8 Å². The smallest absolute Gasteiger partial charge is 0.131 e. The van der Waals surface area contributed by atoms with Gasteiger partial charge in [0.2, 0.25) is 0 Å². The van der Waals surface area contributed by atoms with Gasteiger partial charge in [-0.1, -0.05) is 12.1 Å². The fourth-order valence-electron chi connectivity index (χ4n) is 3.76. The van der Waals surface area contributed by atoms with Crippen LogP contribution >= 0.6 is 0 Å². The van der Waals surface area contributed by atoms with Gasteiger partial charge in [-0.2, -0.15) is 0 Å². The van der Waals surface area contributed by atoms with E-state index in [-0.39, 0.29) is 0 Å². The Balaban J connectivity index is 1.61. The van der Waals surface area contributed by atoms with Crippen molar-refractivity contribution in [2.24, 2.45) is 0 Å². The van der Waals surface area contributed by atoms with E-state index in [2.05, 4.69) is 50.1 Å². The second-order valence-electron chi connectivity index (χ2n) is 6.88. The first-order chi connectivity index (χ1) is 13.4. The molecule has 7 nitrogen and oxygen atoms in total. The summed E-state index contributed by atoms with van der Waals surface area (Å²) in [5, 5.41) is 0. The Morgan fingerprint density at radius 3 is 2.11 bits per heavy atom. The van der Waals surface area contributed by atoms with Gasteiger partial charge in [0, 0.05) is 31.7 Å². The first kappa shape index (κ1) is 16.5. The van der Waals surface area contributed by atoms with Gasteiger partial charge < -0.3 is 24.3 Å². The highest BCUT2D eigenvalue weighted by atomic mass is 16.5. The van der Waals surface area contributed by atoms with Crippen molar-refractivity contribution in [2.45, 2.75) is 0 Å². The second-order valence-corrected chi connectivity index (χ2v) is 6.88. The number of morpholine rings is 2. The molecule has 0 atom stereocenters. The number of para-hydroxylation sites is 1. The SMILES string of the molecule is c1cc(-c2cc(N3CCOCC3)nc(N3CCOCC3)c2)c2nc[nH]c2c1. The minimum Gasteiger partial charge on any atom is -0.378 e. The van der Waals surface area contributed by atoms with Gasteiger partial charge in [-0.25, -0.2) is 9.97 Å². The van der Waals surface area contributed by atoms with E-state index in [4.69, 9.17) is 14.5 Å². The third-order valence-corrected chi connectivity index (χ3v) is 5.23. The van der Waals surface area contributed by atoms with Crippen molar-refractivity contribution < 1.29 is 9.47 Å². The number of nitrogens with zero attached hydrogens (tertiary/aromatic N) is 4. The van der Waals surface area contributed by atoms with Crippen LogP contribution in [0.1, 0.15) is 0 Å². The van der Waals surface area contributed by atoms with Crippen molar-refractivity contribution in [3.05, 3.63) is 36.7 Å². The molecule has 0 unspecified atom stereocenters. The number of hydrogen-bond acceptors (Lipinski definition) is 6. The lowest BCUT2D eigenvalue weighted by atomic mass is 10.0. The molecule has 0 amide bonds. The number of H-pyrrole nitrogens is 1. The molecule has 0 saturated carbocycles. The molecule has 27 heavy (non-hydrogen) atoms. The minimum absolute atomic E-state index is 0.744. The number of nitrogens with one attached hydrogen (secondary N) is 1. The van der Waals surface area contributed by atoms with Crippen LogP contribution < -0.4 is 9.80 Å². The number of aromatic nitrogens is 3. The van der Waals surface area contributed by atoms with Gasteiger partial charge in [0.05, 0.1) is 43.8 Å². The molecule has 3 aromatic rings. The zero-order chi connectivity index (χ0) is 18.1. The summed E-state index contributed by atoms with van der Waals surface area (Å²) >= 11 is 0. The lowest BCUT2D eigenvalue weighted by Gasteiger charge is -2.32. The van der Waals surface area contributed by atoms with Crippen molar-refractivity contribution in [3.63, 3.8) is 0 Å². The Morgan fingerprint density at radius 2 is 1.48 bits per heavy atom. The van der Waals surface area contributed by atoms with Crippen molar-refractivity contribution in [1.82, 2.24) is 15.0 Å². The van der Waals surface area contributed by atoms with Gasteiger partial charge >= 0.3 is 0 Å². The number of pyridine rings is 1. The highest BCUT2D eigenvalue weighted by molar-refractivity contribution is 5.92. The quantitative estimate of drug-likeness (QED) is 0.768. The van der Waals surface area contributed by atoms with Gasteiger partial charge in [0.15, 0.2) is 0 Å². The number of aromatic amines is 1. The molecule has 140 valence electrons. The molecule has 2 saturated heterocycles. The second kappa shape index (κ2) is 7.17. The normalized spacial score (nSPS) is 18.2. The molecular formula is C20H23N5O2. The van der Waals surface area contributed by atoms with E-state index in [0.717, 1.165) is 86.4 Å². The lowest BCUT2D eigenvalue weighted by Crippen LogP contribution is -2.39.